The van der Waals surface area contributed by atoms with Crippen molar-refractivity contribution in [3.63, 3.8) is 0 Å². The summed E-state index contributed by atoms with van der Waals surface area (Å²) in [6.45, 7) is 10.8. The average Bonchev–Trinajstić information content (AvgIpc) is 3.40. The Morgan fingerprint density at radius 1 is 0.900 bits per heavy atom. The molecule has 5 heteroatoms. The molecule has 0 radical (unpaired) electrons. The maximum absolute atomic E-state index is 12.9. The molecule has 2 saturated heterocycles. The summed E-state index contributed by atoms with van der Waals surface area (Å²) in [6, 6.07) is 7.28. The van der Waals surface area contributed by atoms with E-state index < -0.39 is 0 Å². The molecular weight excluding hydrogens is 500 g/mol. The number of carbonyl (C=O) groups excluding carboxylic acids is 1. The molecule has 0 unspecified atom stereocenters. The zero-order valence-corrected chi connectivity index (χ0v) is 25.3. The van der Waals surface area contributed by atoms with Gasteiger partial charge < -0.3 is 18.9 Å². The van der Waals surface area contributed by atoms with Crippen LogP contribution in [-0.2, 0) is 14.2 Å². The Balaban J connectivity index is 1.03. The monoisotopic (exact) mass is 550 g/mol. The van der Waals surface area contributed by atoms with E-state index in [0.29, 0.717) is 46.2 Å². The molecule has 6 aliphatic rings. The average molecular weight is 551 g/mol. The number of methoxy groups -OCH3 is 1. The molecule has 12 atom stereocenters. The lowest BCUT2D eigenvalue weighted by molar-refractivity contribution is -0.273. The molecule has 1 aromatic rings. The number of benzene rings is 1. The highest BCUT2D eigenvalue weighted by atomic mass is 16.7. The van der Waals surface area contributed by atoms with Crippen LogP contribution in [0.5, 0.6) is 5.75 Å². The molecular formula is C35H50O5. The van der Waals surface area contributed by atoms with E-state index in [1.165, 1.54) is 44.9 Å². The van der Waals surface area contributed by atoms with E-state index in [-0.39, 0.29) is 17.9 Å². The minimum atomic E-state index is -0.321. The second kappa shape index (κ2) is 9.73. The molecule has 2 heterocycles. The minimum Gasteiger partial charge on any atom is -0.497 e. The molecule has 0 bridgehead atoms. The Bertz CT molecular complexity index is 1110. The quantitative estimate of drug-likeness (QED) is 0.362. The smallest absolute Gasteiger partial charge is 0.338 e. The van der Waals surface area contributed by atoms with Crippen molar-refractivity contribution < 1.29 is 23.7 Å². The summed E-state index contributed by atoms with van der Waals surface area (Å²) in [7, 11) is 1.64. The molecule has 220 valence electrons. The standard InChI is InChI=1S/C35H50O5/c1-21-12-17-35(38-20-21)22(2)31-30(40-35)19-29-27-11-8-24-18-26(39-32(36)23-6-9-25(37-5)10-7-23)13-15-33(24,3)28(27)14-16-34(29,31)4/h6-7,9-10,21-22,24,26-31H,8,11-20H2,1-5H3/t21-,22+,24-,26-,27-,28+,29+,30+,31+,33-,34-,35+/m0/s1. The van der Waals surface area contributed by atoms with Crippen LogP contribution < -0.4 is 4.74 Å². The van der Waals surface area contributed by atoms with Crippen molar-refractivity contribution in [3.05, 3.63) is 29.8 Å². The van der Waals surface area contributed by atoms with Gasteiger partial charge in [0, 0.05) is 12.3 Å². The Hall–Kier alpha value is -1.59. The summed E-state index contributed by atoms with van der Waals surface area (Å²) in [6.07, 6.45) is 12.4. The normalized spacial score (nSPS) is 49.5. The zero-order chi connectivity index (χ0) is 27.9. The van der Waals surface area contributed by atoms with Crippen LogP contribution in [-0.4, -0.2) is 37.7 Å². The molecule has 4 aliphatic carbocycles. The number of esters is 1. The SMILES string of the molecule is COc1ccc(C(=O)O[C@H]2CC[C@@]3(C)[C@@H](CC[C@H]4[C@H]3CC[C@]3(C)[C@@H]5[C@@H](C)[C@@]6(CC[C@H](C)CO6)O[C@@H]5C[C@H]43)C2)cc1. The van der Waals surface area contributed by atoms with Crippen LogP contribution >= 0.6 is 0 Å². The highest BCUT2D eigenvalue weighted by Gasteiger charge is 2.69. The lowest BCUT2D eigenvalue weighted by Crippen LogP contribution is -2.55. The molecule has 7 rings (SSSR count). The molecule has 1 spiro atoms. The van der Waals surface area contributed by atoms with Gasteiger partial charge in [-0.15, -0.1) is 0 Å². The molecule has 0 N–H and O–H groups in total. The summed E-state index contributed by atoms with van der Waals surface area (Å²) in [5, 5.41) is 0. The number of fused-ring (bicyclic) bond motifs is 7. The molecule has 2 aliphatic heterocycles. The number of ether oxygens (including phenoxy) is 4. The molecule has 0 amide bonds. The molecule has 1 aromatic carbocycles. The van der Waals surface area contributed by atoms with E-state index in [0.717, 1.165) is 49.4 Å². The molecule has 0 aromatic heterocycles. The first kappa shape index (κ1) is 27.3. The van der Waals surface area contributed by atoms with Crippen LogP contribution in [0, 0.1) is 52.3 Å². The van der Waals surface area contributed by atoms with Gasteiger partial charge in [-0.2, -0.15) is 0 Å². The predicted octanol–water partition coefficient (Wildman–Crippen LogP) is 7.67. The van der Waals surface area contributed by atoms with Gasteiger partial charge in [-0.05, 0) is 128 Å². The Morgan fingerprint density at radius 2 is 1.68 bits per heavy atom. The maximum atomic E-state index is 12.9. The molecule has 4 saturated carbocycles. The van der Waals surface area contributed by atoms with E-state index in [9.17, 15) is 4.79 Å². The third kappa shape index (κ3) is 4.03. The number of carbonyl (C=O) groups is 1. The van der Waals surface area contributed by atoms with Crippen LogP contribution in [0.2, 0.25) is 0 Å². The minimum absolute atomic E-state index is 0.0348. The van der Waals surface area contributed by atoms with Gasteiger partial charge in [0.2, 0.25) is 0 Å². The largest absolute Gasteiger partial charge is 0.497 e. The van der Waals surface area contributed by atoms with E-state index >= 15 is 0 Å². The van der Waals surface area contributed by atoms with Gasteiger partial charge in [-0.3, -0.25) is 0 Å². The molecule has 5 nitrogen and oxygen atoms in total. The van der Waals surface area contributed by atoms with Crippen LogP contribution in [0.15, 0.2) is 24.3 Å². The van der Waals surface area contributed by atoms with E-state index in [1.807, 2.05) is 24.3 Å². The summed E-state index contributed by atoms with van der Waals surface area (Å²) >= 11 is 0. The van der Waals surface area contributed by atoms with Gasteiger partial charge in [-0.1, -0.05) is 27.7 Å². The Labute approximate surface area is 241 Å². The predicted molar refractivity (Wildman–Crippen MR) is 154 cm³/mol. The lowest BCUT2D eigenvalue weighted by Gasteiger charge is -2.61. The van der Waals surface area contributed by atoms with Crippen LogP contribution in [0.25, 0.3) is 0 Å². The van der Waals surface area contributed by atoms with Crippen LogP contribution in [0.3, 0.4) is 0 Å². The first-order chi connectivity index (χ1) is 19.2. The summed E-state index contributed by atoms with van der Waals surface area (Å²) in [4.78, 5) is 12.9. The maximum Gasteiger partial charge on any atom is 0.338 e. The van der Waals surface area contributed by atoms with Crippen molar-refractivity contribution >= 4 is 5.97 Å². The topological polar surface area (TPSA) is 54.0 Å². The van der Waals surface area contributed by atoms with E-state index in [1.54, 1.807) is 7.11 Å². The van der Waals surface area contributed by atoms with Crippen molar-refractivity contribution in [2.45, 2.75) is 110 Å². The summed E-state index contributed by atoms with van der Waals surface area (Å²) < 4.78 is 24.8. The van der Waals surface area contributed by atoms with E-state index in [2.05, 4.69) is 27.7 Å². The van der Waals surface area contributed by atoms with Gasteiger partial charge in [0.05, 0.1) is 25.4 Å². The van der Waals surface area contributed by atoms with Gasteiger partial charge in [0.25, 0.3) is 0 Å². The van der Waals surface area contributed by atoms with Crippen molar-refractivity contribution in [2.24, 2.45) is 52.3 Å². The lowest BCUT2D eigenvalue weighted by atomic mass is 9.44. The number of rotatable bonds is 3. The molecule has 40 heavy (non-hydrogen) atoms. The Morgan fingerprint density at radius 3 is 2.40 bits per heavy atom. The van der Waals surface area contributed by atoms with Crippen molar-refractivity contribution in [2.75, 3.05) is 13.7 Å². The summed E-state index contributed by atoms with van der Waals surface area (Å²) in [5.41, 5.74) is 1.35. The second-order valence-electron chi connectivity index (χ2n) is 15.2. The first-order valence-electron chi connectivity index (χ1n) is 16.3. The fourth-order valence-corrected chi connectivity index (χ4v) is 11.3. The third-order valence-corrected chi connectivity index (χ3v) is 13.5. The summed E-state index contributed by atoms with van der Waals surface area (Å²) in [5.74, 6) is 5.03. The fraction of sp³-hybridized carbons (Fsp3) is 0.800. The van der Waals surface area contributed by atoms with Crippen LogP contribution in [0.4, 0.5) is 0 Å². The van der Waals surface area contributed by atoms with Crippen LogP contribution in [0.1, 0.15) is 102 Å². The third-order valence-electron chi connectivity index (χ3n) is 13.5. The van der Waals surface area contributed by atoms with Gasteiger partial charge >= 0.3 is 5.97 Å². The van der Waals surface area contributed by atoms with Gasteiger partial charge in [0.1, 0.15) is 11.9 Å². The van der Waals surface area contributed by atoms with Crippen molar-refractivity contribution in [1.29, 1.82) is 0 Å². The fourth-order valence-electron chi connectivity index (χ4n) is 11.3. The van der Waals surface area contributed by atoms with Crippen molar-refractivity contribution in [3.8, 4) is 5.75 Å². The Kier molecular flexibility index (Phi) is 6.63. The zero-order valence-electron chi connectivity index (χ0n) is 25.3. The second-order valence-corrected chi connectivity index (χ2v) is 15.2. The van der Waals surface area contributed by atoms with E-state index in [4.69, 9.17) is 18.9 Å². The number of hydrogen-bond acceptors (Lipinski definition) is 5. The van der Waals surface area contributed by atoms with Crippen molar-refractivity contribution in [1.82, 2.24) is 0 Å². The van der Waals surface area contributed by atoms with Gasteiger partial charge in [-0.25, -0.2) is 4.79 Å². The highest BCUT2D eigenvalue weighted by molar-refractivity contribution is 5.89. The first-order valence-corrected chi connectivity index (χ1v) is 16.3. The highest BCUT2D eigenvalue weighted by Crippen LogP contribution is 2.71. The van der Waals surface area contributed by atoms with Gasteiger partial charge in [0.15, 0.2) is 5.79 Å². The number of hydrogen-bond donors (Lipinski definition) is 0. The molecule has 6 fully saturated rings.